The molecule has 0 aliphatic rings. The third-order valence-electron chi connectivity index (χ3n) is 2.59. The fraction of sp³-hybridized carbons (Fsp3) is 0.429. The Hall–Kier alpha value is -1.88. The average molecular weight is 263 g/mol. The predicted molar refractivity (Wildman–Crippen MR) is 74.4 cm³/mol. The molecule has 0 bridgehead atoms. The Kier molecular flexibility index (Phi) is 5.51. The maximum absolute atomic E-state index is 11.8. The molecular formula is C14H21N3O2. The highest BCUT2D eigenvalue weighted by Gasteiger charge is 2.16. The molecule has 1 aromatic carbocycles. The van der Waals surface area contributed by atoms with Gasteiger partial charge < -0.3 is 16.4 Å². The van der Waals surface area contributed by atoms with Crippen molar-refractivity contribution in [2.24, 2.45) is 5.73 Å². The lowest BCUT2D eigenvalue weighted by Crippen LogP contribution is -2.42. The molecule has 1 aromatic rings. The Labute approximate surface area is 113 Å². The molecule has 1 atom stereocenters. The third-order valence-corrected chi connectivity index (χ3v) is 2.59. The summed E-state index contributed by atoms with van der Waals surface area (Å²) in [5.74, 6) is -0.581. The first-order valence-electron chi connectivity index (χ1n) is 6.29. The monoisotopic (exact) mass is 263 g/mol. The molecule has 0 aromatic heterocycles. The second-order valence-electron chi connectivity index (χ2n) is 4.83. The SMILES string of the molecule is Cc1ccc(C(N)C(=O)NCC(=O)NC(C)C)cc1. The molecule has 0 heterocycles. The Morgan fingerprint density at radius 1 is 1.21 bits per heavy atom. The second-order valence-corrected chi connectivity index (χ2v) is 4.83. The van der Waals surface area contributed by atoms with Crippen molar-refractivity contribution in [1.29, 1.82) is 0 Å². The van der Waals surface area contributed by atoms with Gasteiger partial charge in [-0.3, -0.25) is 9.59 Å². The molecule has 5 heteroatoms. The minimum atomic E-state index is -0.757. The van der Waals surface area contributed by atoms with Gasteiger partial charge in [0.25, 0.3) is 0 Å². The Morgan fingerprint density at radius 2 is 1.79 bits per heavy atom. The zero-order valence-corrected chi connectivity index (χ0v) is 11.6. The van der Waals surface area contributed by atoms with Crippen LogP contribution in [-0.4, -0.2) is 24.4 Å². The highest BCUT2D eigenvalue weighted by Crippen LogP contribution is 2.11. The molecule has 0 saturated carbocycles. The van der Waals surface area contributed by atoms with E-state index in [4.69, 9.17) is 5.73 Å². The van der Waals surface area contributed by atoms with Crippen molar-refractivity contribution >= 4 is 11.8 Å². The Morgan fingerprint density at radius 3 is 2.32 bits per heavy atom. The van der Waals surface area contributed by atoms with E-state index in [1.165, 1.54) is 0 Å². The number of hydrogen-bond acceptors (Lipinski definition) is 3. The van der Waals surface area contributed by atoms with Crippen molar-refractivity contribution in [3.63, 3.8) is 0 Å². The molecular weight excluding hydrogens is 242 g/mol. The van der Waals surface area contributed by atoms with Crippen molar-refractivity contribution in [2.75, 3.05) is 6.54 Å². The van der Waals surface area contributed by atoms with Crippen molar-refractivity contribution in [3.8, 4) is 0 Å². The lowest BCUT2D eigenvalue weighted by atomic mass is 10.1. The molecule has 0 aliphatic heterocycles. The van der Waals surface area contributed by atoms with Gasteiger partial charge in [-0.15, -0.1) is 0 Å². The fourth-order valence-corrected chi connectivity index (χ4v) is 1.58. The van der Waals surface area contributed by atoms with E-state index < -0.39 is 6.04 Å². The second kappa shape index (κ2) is 6.89. The van der Waals surface area contributed by atoms with E-state index in [9.17, 15) is 9.59 Å². The van der Waals surface area contributed by atoms with Crippen LogP contribution in [0.25, 0.3) is 0 Å². The maximum atomic E-state index is 11.8. The van der Waals surface area contributed by atoms with E-state index in [1.807, 2.05) is 45.0 Å². The molecule has 1 unspecified atom stereocenters. The summed E-state index contributed by atoms with van der Waals surface area (Å²) in [5.41, 5.74) is 7.67. The van der Waals surface area contributed by atoms with Gasteiger partial charge in [-0.1, -0.05) is 29.8 Å². The molecule has 19 heavy (non-hydrogen) atoms. The lowest BCUT2D eigenvalue weighted by Gasteiger charge is -2.13. The molecule has 0 radical (unpaired) electrons. The number of nitrogens with one attached hydrogen (secondary N) is 2. The number of benzene rings is 1. The van der Waals surface area contributed by atoms with Gasteiger partial charge in [0.15, 0.2) is 0 Å². The minimum absolute atomic E-state index is 0.0511. The van der Waals surface area contributed by atoms with E-state index in [2.05, 4.69) is 10.6 Å². The highest BCUT2D eigenvalue weighted by atomic mass is 16.2. The number of rotatable bonds is 5. The number of amides is 2. The fourth-order valence-electron chi connectivity index (χ4n) is 1.58. The van der Waals surface area contributed by atoms with Crippen LogP contribution in [0.2, 0.25) is 0 Å². The number of aryl methyl sites for hydroxylation is 1. The summed E-state index contributed by atoms with van der Waals surface area (Å²) in [4.78, 5) is 23.2. The normalized spacial score (nSPS) is 12.1. The Bertz CT molecular complexity index is 441. The van der Waals surface area contributed by atoms with Crippen molar-refractivity contribution < 1.29 is 9.59 Å². The average Bonchev–Trinajstić information content (AvgIpc) is 2.35. The molecule has 104 valence electrons. The van der Waals surface area contributed by atoms with Crippen molar-refractivity contribution in [1.82, 2.24) is 10.6 Å². The van der Waals surface area contributed by atoms with E-state index in [0.717, 1.165) is 11.1 Å². The first-order valence-corrected chi connectivity index (χ1v) is 6.29. The molecule has 1 rings (SSSR count). The maximum Gasteiger partial charge on any atom is 0.241 e. The highest BCUT2D eigenvalue weighted by molar-refractivity contribution is 5.88. The zero-order chi connectivity index (χ0) is 14.4. The van der Waals surface area contributed by atoms with Crippen LogP contribution in [0.15, 0.2) is 24.3 Å². The van der Waals surface area contributed by atoms with Crippen LogP contribution in [0.5, 0.6) is 0 Å². The summed E-state index contributed by atoms with van der Waals surface area (Å²) in [7, 11) is 0. The van der Waals surface area contributed by atoms with Gasteiger partial charge in [-0.25, -0.2) is 0 Å². The van der Waals surface area contributed by atoms with Crippen LogP contribution in [0, 0.1) is 6.92 Å². The molecule has 0 aliphatic carbocycles. The van der Waals surface area contributed by atoms with E-state index in [1.54, 1.807) is 0 Å². The van der Waals surface area contributed by atoms with Crippen LogP contribution in [-0.2, 0) is 9.59 Å². The topological polar surface area (TPSA) is 84.2 Å². The van der Waals surface area contributed by atoms with Gasteiger partial charge in [-0.05, 0) is 26.3 Å². The van der Waals surface area contributed by atoms with Gasteiger partial charge in [-0.2, -0.15) is 0 Å². The first kappa shape index (κ1) is 15.2. The molecule has 0 fully saturated rings. The van der Waals surface area contributed by atoms with E-state index in [-0.39, 0.29) is 24.4 Å². The van der Waals surface area contributed by atoms with Gasteiger partial charge in [0.05, 0.1) is 6.54 Å². The molecule has 2 amide bonds. The van der Waals surface area contributed by atoms with Crippen LogP contribution < -0.4 is 16.4 Å². The van der Waals surface area contributed by atoms with Crippen LogP contribution in [0.4, 0.5) is 0 Å². The van der Waals surface area contributed by atoms with Gasteiger partial charge in [0.1, 0.15) is 6.04 Å². The lowest BCUT2D eigenvalue weighted by molar-refractivity contribution is -0.127. The number of hydrogen-bond donors (Lipinski definition) is 3. The van der Waals surface area contributed by atoms with Crippen LogP contribution in [0.3, 0.4) is 0 Å². The Balaban J connectivity index is 2.49. The summed E-state index contributed by atoms with van der Waals surface area (Å²) in [6.07, 6.45) is 0. The number of nitrogens with two attached hydrogens (primary N) is 1. The standard InChI is InChI=1S/C14H21N3O2/c1-9(2)17-12(18)8-16-14(19)13(15)11-6-4-10(3)5-7-11/h4-7,9,13H,8,15H2,1-3H3,(H,16,19)(H,17,18). The summed E-state index contributed by atoms with van der Waals surface area (Å²) in [6.45, 7) is 5.62. The molecule has 4 N–H and O–H groups in total. The number of carbonyl (C=O) groups is 2. The van der Waals surface area contributed by atoms with Gasteiger partial charge in [0.2, 0.25) is 11.8 Å². The molecule has 0 spiro atoms. The van der Waals surface area contributed by atoms with Crippen LogP contribution >= 0.6 is 0 Å². The minimum Gasteiger partial charge on any atom is -0.352 e. The quantitative estimate of drug-likeness (QED) is 0.728. The van der Waals surface area contributed by atoms with E-state index in [0.29, 0.717) is 0 Å². The smallest absolute Gasteiger partial charge is 0.241 e. The van der Waals surface area contributed by atoms with Crippen molar-refractivity contribution in [3.05, 3.63) is 35.4 Å². The van der Waals surface area contributed by atoms with E-state index >= 15 is 0 Å². The van der Waals surface area contributed by atoms with Crippen LogP contribution in [0.1, 0.15) is 31.0 Å². The summed E-state index contributed by atoms with van der Waals surface area (Å²) in [6, 6.07) is 6.71. The summed E-state index contributed by atoms with van der Waals surface area (Å²) >= 11 is 0. The molecule has 0 saturated heterocycles. The van der Waals surface area contributed by atoms with Gasteiger partial charge in [0, 0.05) is 6.04 Å². The summed E-state index contributed by atoms with van der Waals surface area (Å²) < 4.78 is 0. The largest absolute Gasteiger partial charge is 0.352 e. The number of carbonyl (C=O) groups excluding carboxylic acids is 2. The van der Waals surface area contributed by atoms with Gasteiger partial charge >= 0.3 is 0 Å². The zero-order valence-electron chi connectivity index (χ0n) is 11.6. The predicted octanol–water partition coefficient (Wildman–Crippen LogP) is 0.636. The first-order chi connectivity index (χ1) is 8.90. The third kappa shape index (κ3) is 5.09. The molecule has 5 nitrogen and oxygen atoms in total. The summed E-state index contributed by atoms with van der Waals surface area (Å²) in [5, 5.41) is 5.21. The van der Waals surface area contributed by atoms with Crippen molar-refractivity contribution in [2.45, 2.75) is 32.9 Å².